The van der Waals surface area contributed by atoms with Gasteiger partial charge in [0.05, 0.1) is 0 Å². The summed E-state index contributed by atoms with van der Waals surface area (Å²) in [5.74, 6) is 0. The number of hydrogen-bond acceptors (Lipinski definition) is 2. The average molecular weight is 241 g/mol. The minimum Gasteiger partial charge on any atom is -0.381 e. The van der Waals surface area contributed by atoms with Gasteiger partial charge in [-0.05, 0) is 32.6 Å². The van der Waals surface area contributed by atoms with E-state index in [2.05, 4.69) is 26.1 Å². The molecule has 1 aliphatic rings. The van der Waals surface area contributed by atoms with Crippen molar-refractivity contribution < 1.29 is 4.74 Å². The van der Waals surface area contributed by atoms with Crippen molar-refractivity contribution in [2.45, 2.75) is 83.7 Å². The molecular formula is C15H31NO. The van der Waals surface area contributed by atoms with Crippen LogP contribution in [0.3, 0.4) is 0 Å². The molecule has 1 aliphatic heterocycles. The molecule has 0 radical (unpaired) electrons. The van der Waals surface area contributed by atoms with Crippen LogP contribution in [0.1, 0.15) is 72.1 Å². The fourth-order valence-corrected chi connectivity index (χ4v) is 2.63. The predicted octanol–water partition coefficient (Wildman–Crippen LogP) is 3.89. The van der Waals surface area contributed by atoms with Gasteiger partial charge in [0, 0.05) is 24.8 Å². The van der Waals surface area contributed by atoms with Gasteiger partial charge in [0.15, 0.2) is 0 Å². The first kappa shape index (κ1) is 15.0. The quantitative estimate of drug-likeness (QED) is 0.651. The second-order valence-electron chi connectivity index (χ2n) is 5.76. The Morgan fingerprint density at radius 3 is 2.41 bits per heavy atom. The van der Waals surface area contributed by atoms with E-state index in [1.807, 2.05) is 0 Å². The van der Waals surface area contributed by atoms with Gasteiger partial charge < -0.3 is 10.1 Å². The zero-order valence-electron chi connectivity index (χ0n) is 12.1. The van der Waals surface area contributed by atoms with Gasteiger partial charge in [-0.3, -0.25) is 0 Å². The van der Waals surface area contributed by atoms with E-state index in [4.69, 9.17) is 4.74 Å². The maximum atomic E-state index is 5.42. The van der Waals surface area contributed by atoms with E-state index in [1.165, 1.54) is 51.4 Å². The number of nitrogens with one attached hydrogen (secondary N) is 1. The highest BCUT2D eigenvalue weighted by molar-refractivity contribution is 4.86. The monoisotopic (exact) mass is 241 g/mol. The molecule has 0 saturated carbocycles. The SMILES string of the molecule is CCCCCCC(C)(CC)NC1CCOCC1. The van der Waals surface area contributed by atoms with Crippen LogP contribution in [-0.4, -0.2) is 24.8 Å². The molecule has 1 unspecified atom stereocenters. The van der Waals surface area contributed by atoms with Gasteiger partial charge >= 0.3 is 0 Å². The Hall–Kier alpha value is -0.0800. The normalized spacial score (nSPS) is 21.4. The number of ether oxygens (including phenoxy) is 1. The number of hydrogen-bond donors (Lipinski definition) is 1. The maximum Gasteiger partial charge on any atom is 0.0480 e. The summed E-state index contributed by atoms with van der Waals surface area (Å²) in [5, 5.41) is 3.88. The second kappa shape index (κ2) is 8.10. The van der Waals surface area contributed by atoms with E-state index in [0.29, 0.717) is 11.6 Å². The zero-order chi connectivity index (χ0) is 12.6. The van der Waals surface area contributed by atoms with E-state index in [1.54, 1.807) is 0 Å². The van der Waals surface area contributed by atoms with Crippen molar-refractivity contribution in [2.24, 2.45) is 0 Å². The summed E-state index contributed by atoms with van der Waals surface area (Å²) in [4.78, 5) is 0. The highest BCUT2D eigenvalue weighted by Gasteiger charge is 2.25. The van der Waals surface area contributed by atoms with Crippen molar-refractivity contribution in [1.29, 1.82) is 0 Å². The van der Waals surface area contributed by atoms with Gasteiger partial charge in [-0.1, -0.05) is 39.5 Å². The Bertz CT molecular complexity index is 189. The predicted molar refractivity (Wildman–Crippen MR) is 74.4 cm³/mol. The lowest BCUT2D eigenvalue weighted by Gasteiger charge is -2.36. The lowest BCUT2D eigenvalue weighted by Crippen LogP contribution is -2.49. The van der Waals surface area contributed by atoms with Gasteiger partial charge in [0.2, 0.25) is 0 Å². The molecule has 2 heteroatoms. The summed E-state index contributed by atoms with van der Waals surface area (Å²) in [6.45, 7) is 8.86. The third-order valence-corrected chi connectivity index (χ3v) is 4.14. The summed E-state index contributed by atoms with van der Waals surface area (Å²) >= 11 is 0. The van der Waals surface area contributed by atoms with Crippen molar-refractivity contribution >= 4 is 0 Å². The highest BCUT2D eigenvalue weighted by Crippen LogP contribution is 2.22. The Balaban J connectivity index is 2.27. The second-order valence-corrected chi connectivity index (χ2v) is 5.76. The molecule has 0 aromatic carbocycles. The van der Waals surface area contributed by atoms with Crippen LogP contribution in [0.25, 0.3) is 0 Å². The molecule has 0 aromatic heterocycles. The molecule has 1 rings (SSSR count). The average Bonchev–Trinajstić information content (AvgIpc) is 2.36. The van der Waals surface area contributed by atoms with E-state index in [-0.39, 0.29) is 0 Å². The highest BCUT2D eigenvalue weighted by atomic mass is 16.5. The molecule has 1 N–H and O–H groups in total. The Labute approximate surface area is 108 Å². The lowest BCUT2D eigenvalue weighted by atomic mass is 9.89. The first-order valence-electron chi connectivity index (χ1n) is 7.55. The van der Waals surface area contributed by atoms with Crippen LogP contribution in [0.4, 0.5) is 0 Å². The molecule has 0 aliphatic carbocycles. The molecule has 0 amide bonds. The van der Waals surface area contributed by atoms with Crippen LogP contribution >= 0.6 is 0 Å². The molecule has 17 heavy (non-hydrogen) atoms. The molecule has 2 nitrogen and oxygen atoms in total. The van der Waals surface area contributed by atoms with Gasteiger partial charge in [-0.25, -0.2) is 0 Å². The van der Waals surface area contributed by atoms with E-state index in [9.17, 15) is 0 Å². The first-order chi connectivity index (χ1) is 8.20. The minimum absolute atomic E-state index is 0.343. The summed E-state index contributed by atoms with van der Waals surface area (Å²) in [6, 6.07) is 0.680. The molecule has 102 valence electrons. The lowest BCUT2D eigenvalue weighted by molar-refractivity contribution is 0.0672. The van der Waals surface area contributed by atoms with Crippen LogP contribution in [0.2, 0.25) is 0 Å². The summed E-state index contributed by atoms with van der Waals surface area (Å²) in [5.41, 5.74) is 0.343. The van der Waals surface area contributed by atoms with E-state index in [0.717, 1.165) is 13.2 Å². The van der Waals surface area contributed by atoms with E-state index >= 15 is 0 Å². The van der Waals surface area contributed by atoms with Crippen LogP contribution in [0, 0.1) is 0 Å². The standard InChI is InChI=1S/C15H31NO/c1-4-6-7-8-11-15(3,5-2)16-14-9-12-17-13-10-14/h14,16H,4-13H2,1-3H3. The largest absolute Gasteiger partial charge is 0.381 e. The van der Waals surface area contributed by atoms with Gasteiger partial charge in [0.25, 0.3) is 0 Å². The van der Waals surface area contributed by atoms with Gasteiger partial charge in [0.1, 0.15) is 0 Å². The summed E-state index contributed by atoms with van der Waals surface area (Å²) in [6.07, 6.45) is 10.4. The summed E-state index contributed by atoms with van der Waals surface area (Å²) in [7, 11) is 0. The Kier molecular flexibility index (Phi) is 7.14. The molecule has 1 saturated heterocycles. The van der Waals surface area contributed by atoms with Crippen LogP contribution in [-0.2, 0) is 4.74 Å². The molecule has 0 bridgehead atoms. The number of rotatable bonds is 8. The number of unbranched alkanes of at least 4 members (excludes halogenated alkanes) is 3. The third kappa shape index (κ3) is 5.87. The van der Waals surface area contributed by atoms with E-state index < -0.39 is 0 Å². The minimum atomic E-state index is 0.343. The topological polar surface area (TPSA) is 21.3 Å². The fraction of sp³-hybridized carbons (Fsp3) is 1.00. The molecule has 1 atom stereocenters. The first-order valence-corrected chi connectivity index (χ1v) is 7.55. The Morgan fingerprint density at radius 1 is 1.12 bits per heavy atom. The van der Waals surface area contributed by atoms with Crippen molar-refractivity contribution in [3.05, 3.63) is 0 Å². The third-order valence-electron chi connectivity index (χ3n) is 4.14. The maximum absolute atomic E-state index is 5.42. The summed E-state index contributed by atoms with van der Waals surface area (Å²) < 4.78 is 5.42. The van der Waals surface area contributed by atoms with Crippen molar-refractivity contribution in [3.8, 4) is 0 Å². The molecular weight excluding hydrogens is 210 g/mol. The van der Waals surface area contributed by atoms with Gasteiger partial charge in [-0.15, -0.1) is 0 Å². The molecule has 1 heterocycles. The van der Waals surface area contributed by atoms with Gasteiger partial charge in [-0.2, -0.15) is 0 Å². The molecule has 1 fully saturated rings. The van der Waals surface area contributed by atoms with Crippen LogP contribution < -0.4 is 5.32 Å². The van der Waals surface area contributed by atoms with Crippen molar-refractivity contribution in [2.75, 3.05) is 13.2 Å². The fourth-order valence-electron chi connectivity index (χ4n) is 2.63. The van der Waals surface area contributed by atoms with Crippen molar-refractivity contribution in [3.63, 3.8) is 0 Å². The zero-order valence-corrected chi connectivity index (χ0v) is 12.1. The molecule has 0 spiro atoms. The van der Waals surface area contributed by atoms with Crippen LogP contribution in [0.15, 0.2) is 0 Å². The van der Waals surface area contributed by atoms with Crippen LogP contribution in [0.5, 0.6) is 0 Å². The smallest absolute Gasteiger partial charge is 0.0480 e. The van der Waals surface area contributed by atoms with Crippen molar-refractivity contribution in [1.82, 2.24) is 5.32 Å². The molecule has 0 aromatic rings. The Morgan fingerprint density at radius 2 is 1.82 bits per heavy atom.